The van der Waals surface area contributed by atoms with E-state index in [1.54, 1.807) is 0 Å². The number of para-hydroxylation sites is 2. The number of ether oxygens (including phenoxy) is 1. The van der Waals surface area contributed by atoms with Crippen molar-refractivity contribution in [3.63, 3.8) is 0 Å². The lowest BCUT2D eigenvalue weighted by Crippen LogP contribution is -2.24. The Morgan fingerprint density at radius 3 is 2.49 bits per heavy atom. The third kappa shape index (κ3) is 7.00. The molecule has 1 aromatic heterocycles. The minimum Gasteiger partial charge on any atom is -0.491 e. The number of hydrogen-bond acceptors (Lipinski definition) is 3. The second-order valence-electron chi connectivity index (χ2n) is 10.1. The van der Waals surface area contributed by atoms with Gasteiger partial charge < -0.3 is 14.6 Å². The second-order valence-corrected chi connectivity index (χ2v) is 10.1. The summed E-state index contributed by atoms with van der Waals surface area (Å²) in [4.78, 5) is 17.2. The molecule has 1 amide bonds. The SMILES string of the molecule is Cc1ccc(C(=O)NCCCCCc2nc3ccccc3n2CCOc2cc(C)ccc2C(C)C)cc1. The zero-order valence-corrected chi connectivity index (χ0v) is 22.6. The molecular formula is C32H39N3O2. The molecule has 5 heteroatoms. The maximum Gasteiger partial charge on any atom is 0.251 e. The highest BCUT2D eigenvalue weighted by molar-refractivity contribution is 5.94. The molecule has 0 aliphatic carbocycles. The van der Waals surface area contributed by atoms with Crippen LogP contribution in [0.4, 0.5) is 0 Å². The van der Waals surface area contributed by atoms with E-state index < -0.39 is 0 Å². The molecule has 0 spiro atoms. The molecule has 0 saturated heterocycles. The Labute approximate surface area is 220 Å². The van der Waals surface area contributed by atoms with Crippen LogP contribution in [0.3, 0.4) is 0 Å². The zero-order chi connectivity index (χ0) is 26.2. The lowest BCUT2D eigenvalue weighted by atomic mass is 10.0. The Bertz CT molecular complexity index is 1320. The molecule has 0 radical (unpaired) electrons. The molecule has 4 rings (SSSR count). The summed E-state index contributed by atoms with van der Waals surface area (Å²) in [5, 5.41) is 3.03. The van der Waals surface area contributed by atoms with Gasteiger partial charge in [0.15, 0.2) is 0 Å². The van der Waals surface area contributed by atoms with Gasteiger partial charge in [-0.05, 0) is 74.1 Å². The molecule has 37 heavy (non-hydrogen) atoms. The van der Waals surface area contributed by atoms with Gasteiger partial charge in [-0.15, -0.1) is 0 Å². The molecule has 0 aliphatic heterocycles. The molecule has 1 heterocycles. The monoisotopic (exact) mass is 497 g/mol. The number of amides is 1. The molecule has 4 aromatic rings. The predicted molar refractivity (Wildman–Crippen MR) is 152 cm³/mol. The number of rotatable bonds is 12. The Hall–Kier alpha value is -3.60. The maximum absolute atomic E-state index is 12.3. The van der Waals surface area contributed by atoms with Crippen LogP contribution in [0.5, 0.6) is 5.75 Å². The van der Waals surface area contributed by atoms with Gasteiger partial charge in [-0.25, -0.2) is 4.98 Å². The molecule has 5 nitrogen and oxygen atoms in total. The van der Waals surface area contributed by atoms with E-state index in [4.69, 9.17) is 9.72 Å². The van der Waals surface area contributed by atoms with E-state index in [0.29, 0.717) is 24.6 Å². The quantitative estimate of drug-likeness (QED) is 0.214. The normalized spacial score (nSPS) is 11.3. The molecule has 1 N–H and O–H groups in total. The van der Waals surface area contributed by atoms with Crippen LogP contribution in [0.25, 0.3) is 11.0 Å². The number of fused-ring (bicyclic) bond motifs is 1. The fourth-order valence-electron chi connectivity index (χ4n) is 4.65. The molecule has 0 fully saturated rings. The number of aryl methyl sites for hydroxylation is 3. The molecule has 0 atom stereocenters. The van der Waals surface area contributed by atoms with E-state index in [1.807, 2.05) is 37.3 Å². The summed E-state index contributed by atoms with van der Waals surface area (Å²) in [5.41, 5.74) is 6.51. The molecule has 194 valence electrons. The maximum atomic E-state index is 12.3. The average molecular weight is 498 g/mol. The van der Waals surface area contributed by atoms with E-state index >= 15 is 0 Å². The summed E-state index contributed by atoms with van der Waals surface area (Å²) >= 11 is 0. The van der Waals surface area contributed by atoms with Crippen molar-refractivity contribution in [2.24, 2.45) is 0 Å². The van der Waals surface area contributed by atoms with E-state index in [-0.39, 0.29) is 5.91 Å². The Kier molecular flexibility index (Phi) is 8.99. The zero-order valence-electron chi connectivity index (χ0n) is 22.6. The van der Waals surface area contributed by atoms with Crippen molar-refractivity contribution in [3.05, 3.63) is 94.8 Å². The van der Waals surface area contributed by atoms with Crippen LogP contribution >= 0.6 is 0 Å². The molecule has 0 saturated carbocycles. The van der Waals surface area contributed by atoms with E-state index in [1.165, 1.54) is 11.1 Å². The van der Waals surface area contributed by atoms with Crippen molar-refractivity contribution in [2.45, 2.75) is 65.8 Å². The summed E-state index contributed by atoms with van der Waals surface area (Å²) in [5.74, 6) is 2.49. The predicted octanol–water partition coefficient (Wildman–Crippen LogP) is 7.00. The third-order valence-electron chi connectivity index (χ3n) is 6.77. The van der Waals surface area contributed by atoms with Crippen LogP contribution in [0, 0.1) is 13.8 Å². The van der Waals surface area contributed by atoms with Gasteiger partial charge >= 0.3 is 0 Å². The summed E-state index contributed by atoms with van der Waals surface area (Å²) in [7, 11) is 0. The molecule has 0 unspecified atom stereocenters. The largest absolute Gasteiger partial charge is 0.491 e. The van der Waals surface area contributed by atoms with Crippen LogP contribution < -0.4 is 10.1 Å². The van der Waals surface area contributed by atoms with Gasteiger partial charge in [0.25, 0.3) is 5.91 Å². The second kappa shape index (κ2) is 12.6. The first-order valence-corrected chi connectivity index (χ1v) is 13.4. The average Bonchev–Trinajstić information content (AvgIpc) is 3.23. The Morgan fingerprint density at radius 1 is 0.946 bits per heavy atom. The Morgan fingerprint density at radius 2 is 1.70 bits per heavy atom. The number of hydrogen-bond donors (Lipinski definition) is 1. The van der Waals surface area contributed by atoms with Gasteiger partial charge in [-0.1, -0.05) is 62.2 Å². The van der Waals surface area contributed by atoms with Gasteiger partial charge in [0.05, 0.1) is 17.6 Å². The molecular weight excluding hydrogens is 458 g/mol. The summed E-state index contributed by atoms with van der Waals surface area (Å²) in [6.45, 7) is 10.6. The van der Waals surface area contributed by atoms with Gasteiger partial charge in [-0.2, -0.15) is 0 Å². The summed E-state index contributed by atoms with van der Waals surface area (Å²) < 4.78 is 8.60. The number of benzene rings is 3. The highest BCUT2D eigenvalue weighted by Gasteiger charge is 2.12. The molecule has 3 aromatic carbocycles. The first-order chi connectivity index (χ1) is 17.9. The minimum atomic E-state index is -0.00368. The number of carbonyl (C=O) groups is 1. The van der Waals surface area contributed by atoms with Crippen molar-refractivity contribution in [1.29, 1.82) is 0 Å². The lowest BCUT2D eigenvalue weighted by Gasteiger charge is -2.16. The van der Waals surface area contributed by atoms with Crippen LogP contribution in [-0.2, 0) is 13.0 Å². The number of nitrogens with zero attached hydrogens (tertiary/aromatic N) is 2. The van der Waals surface area contributed by atoms with Crippen LogP contribution in [0.15, 0.2) is 66.7 Å². The fraction of sp³-hybridized carbons (Fsp3) is 0.375. The van der Waals surface area contributed by atoms with E-state index in [0.717, 1.165) is 60.4 Å². The van der Waals surface area contributed by atoms with Crippen molar-refractivity contribution < 1.29 is 9.53 Å². The highest BCUT2D eigenvalue weighted by Crippen LogP contribution is 2.28. The van der Waals surface area contributed by atoms with Gasteiger partial charge in [0.2, 0.25) is 0 Å². The molecule has 0 bridgehead atoms. The number of aromatic nitrogens is 2. The van der Waals surface area contributed by atoms with Crippen molar-refractivity contribution in [1.82, 2.24) is 14.9 Å². The van der Waals surface area contributed by atoms with Crippen LogP contribution in [0.2, 0.25) is 0 Å². The van der Waals surface area contributed by atoms with Gasteiger partial charge in [0.1, 0.15) is 18.2 Å². The minimum absolute atomic E-state index is 0.00368. The Balaban J connectivity index is 1.31. The standard InChI is InChI=1S/C32H39N3O2/c1-23(2)27-18-15-25(4)22-30(27)37-21-20-35-29-11-8-7-10-28(29)34-31(35)12-6-5-9-19-33-32(36)26-16-13-24(3)14-17-26/h7-8,10-11,13-18,22-23H,5-6,9,12,19-21H2,1-4H3,(H,33,36). The van der Waals surface area contributed by atoms with Crippen molar-refractivity contribution >= 4 is 16.9 Å². The van der Waals surface area contributed by atoms with Gasteiger partial charge in [-0.3, -0.25) is 4.79 Å². The van der Waals surface area contributed by atoms with E-state index in [9.17, 15) is 4.79 Å². The smallest absolute Gasteiger partial charge is 0.251 e. The fourth-order valence-corrected chi connectivity index (χ4v) is 4.65. The lowest BCUT2D eigenvalue weighted by molar-refractivity contribution is 0.0953. The van der Waals surface area contributed by atoms with Crippen molar-refractivity contribution in [2.75, 3.05) is 13.2 Å². The number of nitrogens with one attached hydrogen (secondary N) is 1. The van der Waals surface area contributed by atoms with E-state index in [2.05, 4.69) is 67.1 Å². The first kappa shape index (κ1) is 26.5. The van der Waals surface area contributed by atoms with Gasteiger partial charge in [0, 0.05) is 18.5 Å². The highest BCUT2D eigenvalue weighted by atomic mass is 16.5. The summed E-state index contributed by atoms with van der Waals surface area (Å²) in [6, 6.07) is 22.5. The summed E-state index contributed by atoms with van der Waals surface area (Å²) in [6.07, 6.45) is 3.92. The van der Waals surface area contributed by atoms with Crippen molar-refractivity contribution in [3.8, 4) is 5.75 Å². The number of imidazole rings is 1. The molecule has 0 aliphatic rings. The third-order valence-corrected chi connectivity index (χ3v) is 6.77. The first-order valence-electron chi connectivity index (χ1n) is 13.4. The van der Waals surface area contributed by atoms with Crippen LogP contribution in [0.1, 0.15) is 71.9 Å². The topological polar surface area (TPSA) is 56.2 Å². The number of carbonyl (C=O) groups excluding carboxylic acids is 1. The van der Waals surface area contributed by atoms with Crippen LogP contribution in [-0.4, -0.2) is 28.6 Å². The number of unbranched alkanes of at least 4 members (excludes halogenated alkanes) is 2.